The van der Waals surface area contributed by atoms with Gasteiger partial charge in [-0.25, -0.2) is 16.8 Å². The first-order valence-electron chi connectivity index (χ1n) is 13.4. The molecular formula is C31H37ClO6S2. The van der Waals surface area contributed by atoms with Crippen LogP contribution in [0.3, 0.4) is 0 Å². The van der Waals surface area contributed by atoms with Gasteiger partial charge in [0.05, 0.1) is 14.5 Å². The Labute approximate surface area is 243 Å². The second kappa shape index (κ2) is 10.7. The van der Waals surface area contributed by atoms with Crippen LogP contribution in [0, 0.1) is 0 Å². The Kier molecular flexibility index (Phi) is 8.13. The first kappa shape index (κ1) is 30.4. The number of ether oxygens (including phenoxy) is 2. The lowest BCUT2D eigenvalue weighted by atomic mass is 9.80. The van der Waals surface area contributed by atoms with Crippen molar-refractivity contribution in [2.24, 2.45) is 0 Å². The Morgan fingerprint density at radius 2 is 1.25 bits per heavy atom. The normalized spacial score (nSPS) is 21.9. The Balaban J connectivity index is 1.88. The Morgan fingerprint density at radius 1 is 0.750 bits per heavy atom. The summed E-state index contributed by atoms with van der Waals surface area (Å²) in [6.07, 6.45) is 1.90. The highest BCUT2D eigenvalue weighted by Gasteiger charge is 2.43. The molecule has 0 saturated heterocycles. The second-order valence-electron chi connectivity index (χ2n) is 11.8. The van der Waals surface area contributed by atoms with Crippen molar-refractivity contribution in [2.75, 3.05) is 0 Å². The molecule has 6 nitrogen and oxygen atoms in total. The van der Waals surface area contributed by atoms with Crippen molar-refractivity contribution < 1.29 is 26.3 Å². The van der Waals surface area contributed by atoms with Crippen molar-refractivity contribution >= 4 is 31.3 Å². The molecule has 40 heavy (non-hydrogen) atoms. The molecule has 4 heterocycles. The summed E-state index contributed by atoms with van der Waals surface area (Å²) in [5.41, 5.74) is 0.809. The maximum Gasteiger partial charge on any atom is 0.197 e. The third-order valence-electron chi connectivity index (χ3n) is 7.75. The van der Waals surface area contributed by atoms with E-state index in [1.807, 2.05) is 12.1 Å². The van der Waals surface area contributed by atoms with Crippen LogP contribution in [0.1, 0.15) is 72.8 Å². The van der Waals surface area contributed by atoms with Gasteiger partial charge in [0, 0.05) is 11.6 Å². The van der Waals surface area contributed by atoms with E-state index in [4.69, 9.17) is 21.1 Å². The zero-order chi connectivity index (χ0) is 29.6. The smallest absolute Gasteiger partial charge is 0.197 e. The SMILES string of the molecule is CCCC(C)(C)c1ccc2cc1Oc1ccc(cc1)S(=O)(=O)C(C)(C)CCC(C)(Cl)S(=O)(=O)c1ccc(cc1)O2. The summed E-state index contributed by atoms with van der Waals surface area (Å²) in [4.78, 5) is 0.160. The lowest BCUT2D eigenvalue weighted by Crippen LogP contribution is -2.37. The monoisotopic (exact) mass is 604 g/mol. The van der Waals surface area contributed by atoms with Crippen LogP contribution in [-0.4, -0.2) is 25.8 Å². The summed E-state index contributed by atoms with van der Waals surface area (Å²) >= 11 is 6.61. The van der Waals surface area contributed by atoms with Gasteiger partial charge in [-0.15, -0.1) is 11.6 Å². The molecule has 0 N–H and O–H groups in total. The highest BCUT2D eigenvalue weighted by atomic mass is 35.5. The van der Waals surface area contributed by atoms with Crippen molar-refractivity contribution in [3.63, 3.8) is 0 Å². The summed E-state index contributed by atoms with van der Waals surface area (Å²) in [5, 5.41) is 0. The maximum atomic E-state index is 13.6. The molecule has 7 rings (SSSR count). The molecule has 6 bridgehead atoms. The Hall–Kier alpha value is -2.55. The van der Waals surface area contributed by atoms with Crippen molar-refractivity contribution in [3.8, 4) is 23.0 Å². The van der Waals surface area contributed by atoms with Gasteiger partial charge in [0.15, 0.2) is 19.7 Å². The number of sulfone groups is 2. The van der Waals surface area contributed by atoms with E-state index in [0.29, 0.717) is 23.0 Å². The molecule has 0 amide bonds. The average molecular weight is 605 g/mol. The summed E-state index contributed by atoms with van der Waals surface area (Å²) < 4.78 is 63.6. The molecule has 0 radical (unpaired) electrons. The van der Waals surface area contributed by atoms with Crippen molar-refractivity contribution in [1.82, 2.24) is 0 Å². The van der Waals surface area contributed by atoms with Crippen LogP contribution in [0.15, 0.2) is 76.5 Å². The molecule has 0 aliphatic carbocycles. The number of hydrogen-bond donors (Lipinski definition) is 0. The van der Waals surface area contributed by atoms with Crippen LogP contribution in [0.5, 0.6) is 23.0 Å². The van der Waals surface area contributed by atoms with Gasteiger partial charge in [0.25, 0.3) is 0 Å². The Morgan fingerprint density at radius 3 is 1.80 bits per heavy atom. The average Bonchev–Trinajstić information content (AvgIpc) is 2.87. The molecule has 3 aromatic rings. The van der Waals surface area contributed by atoms with Crippen LogP contribution in [0.2, 0.25) is 0 Å². The number of rotatable bonds is 3. The van der Waals surface area contributed by atoms with Crippen LogP contribution >= 0.6 is 11.6 Å². The predicted molar refractivity (Wildman–Crippen MR) is 159 cm³/mol. The largest absolute Gasteiger partial charge is 0.457 e. The van der Waals surface area contributed by atoms with Crippen LogP contribution < -0.4 is 9.47 Å². The van der Waals surface area contributed by atoms with E-state index in [9.17, 15) is 16.8 Å². The van der Waals surface area contributed by atoms with Gasteiger partial charge in [-0.3, -0.25) is 0 Å². The zero-order valence-corrected chi connectivity index (χ0v) is 26.2. The molecule has 4 aliphatic rings. The van der Waals surface area contributed by atoms with Gasteiger partial charge < -0.3 is 9.47 Å². The van der Waals surface area contributed by atoms with E-state index < -0.39 is 28.6 Å². The first-order chi connectivity index (χ1) is 18.5. The number of halogens is 1. The Bertz CT molecular complexity index is 1590. The number of alkyl halides is 1. The lowest BCUT2D eigenvalue weighted by molar-refractivity contribution is 0.417. The third kappa shape index (κ3) is 5.76. The minimum atomic E-state index is -3.99. The summed E-state index contributed by atoms with van der Waals surface area (Å²) in [7, 11) is -7.82. The molecule has 1 atom stereocenters. The van der Waals surface area contributed by atoms with Gasteiger partial charge in [0.2, 0.25) is 0 Å². The molecular weight excluding hydrogens is 568 g/mol. The molecule has 9 heteroatoms. The van der Waals surface area contributed by atoms with Gasteiger partial charge >= 0.3 is 0 Å². The van der Waals surface area contributed by atoms with Crippen LogP contribution in [-0.2, 0) is 25.1 Å². The fraction of sp³-hybridized carbons (Fsp3) is 0.419. The summed E-state index contributed by atoms with van der Waals surface area (Å²) in [6.45, 7) is 11.0. The van der Waals surface area contributed by atoms with E-state index in [1.165, 1.54) is 31.2 Å². The molecule has 0 fully saturated rings. The molecule has 216 valence electrons. The van der Waals surface area contributed by atoms with E-state index >= 15 is 0 Å². The quantitative estimate of drug-likeness (QED) is 0.279. The maximum absolute atomic E-state index is 13.6. The highest BCUT2D eigenvalue weighted by Crippen LogP contribution is 2.42. The fourth-order valence-corrected chi connectivity index (χ4v) is 8.19. The molecule has 1 unspecified atom stereocenters. The van der Waals surface area contributed by atoms with E-state index in [0.717, 1.165) is 18.4 Å². The van der Waals surface area contributed by atoms with Crippen molar-refractivity contribution in [1.29, 1.82) is 0 Å². The predicted octanol–water partition coefficient (Wildman–Crippen LogP) is 8.42. The fourth-order valence-electron chi connectivity index (χ4n) is 4.96. The third-order valence-corrected chi connectivity index (χ3v) is 13.3. The molecule has 0 saturated carbocycles. The molecule has 0 spiro atoms. The summed E-state index contributed by atoms with van der Waals surface area (Å²) in [5.74, 6) is 2.06. The molecule has 4 aliphatic heterocycles. The van der Waals surface area contributed by atoms with Gasteiger partial charge in [0.1, 0.15) is 27.2 Å². The first-order valence-corrected chi connectivity index (χ1v) is 16.7. The van der Waals surface area contributed by atoms with Gasteiger partial charge in [-0.05, 0) is 100 Å². The van der Waals surface area contributed by atoms with Crippen LogP contribution in [0.25, 0.3) is 0 Å². The second-order valence-corrected chi connectivity index (χ2v) is 17.8. The standard InChI is InChI=1S/C31H37ClO6S2/c1-7-18-29(2,3)27-17-12-24-21-28(27)38-23-10-13-25(14-11-23)39(33,34)30(4,5)19-20-31(6,32)40(35,36)26-15-8-22(37-24)9-16-26/h8-17,21H,7,18-20H2,1-6H3. The summed E-state index contributed by atoms with van der Waals surface area (Å²) in [6, 6.07) is 18.0. The van der Waals surface area contributed by atoms with E-state index in [2.05, 4.69) is 20.8 Å². The molecule has 3 aromatic carbocycles. The van der Waals surface area contributed by atoms with Gasteiger partial charge in [-0.1, -0.05) is 33.3 Å². The topological polar surface area (TPSA) is 86.7 Å². The van der Waals surface area contributed by atoms with E-state index in [-0.39, 0.29) is 28.0 Å². The highest BCUT2D eigenvalue weighted by molar-refractivity contribution is 7.94. The van der Waals surface area contributed by atoms with Crippen molar-refractivity contribution in [3.05, 3.63) is 72.3 Å². The van der Waals surface area contributed by atoms with Crippen molar-refractivity contribution in [2.45, 2.75) is 91.4 Å². The van der Waals surface area contributed by atoms with Gasteiger partial charge in [-0.2, -0.15) is 0 Å². The number of hydrogen-bond acceptors (Lipinski definition) is 6. The lowest BCUT2D eigenvalue weighted by Gasteiger charge is -2.29. The number of benzene rings is 3. The van der Waals surface area contributed by atoms with Crippen LogP contribution in [0.4, 0.5) is 0 Å². The van der Waals surface area contributed by atoms with E-state index in [1.54, 1.807) is 44.2 Å². The minimum Gasteiger partial charge on any atom is -0.457 e. The zero-order valence-electron chi connectivity index (χ0n) is 23.8. The minimum absolute atomic E-state index is 0.0342. The molecule has 0 aromatic heterocycles.